The number of nitrogens with one attached hydrogen (secondary N) is 1. The average molecular weight is 438 g/mol. The SMILES string of the molecule is CCCCCCNC(=O)/C=C(\C)c1cc2c(-c3ccc(F)cc3)coc2c(C)c1OCC. The maximum absolute atomic E-state index is 13.4. The minimum absolute atomic E-state index is 0.106. The predicted octanol–water partition coefficient (Wildman–Crippen LogP) is 7.05. The quantitative estimate of drug-likeness (QED) is 0.273. The third-order valence-corrected chi connectivity index (χ3v) is 5.59. The Morgan fingerprint density at radius 1 is 1.16 bits per heavy atom. The second-order valence-corrected chi connectivity index (χ2v) is 8.02. The number of unbranched alkanes of at least 4 members (excludes halogenated alkanes) is 3. The van der Waals surface area contributed by atoms with Crippen molar-refractivity contribution in [3.8, 4) is 16.9 Å². The molecule has 1 heterocycles. The summed E-state index contributed by atoms with van der Waals surface area (Å²) in [5.41, 5.74) is 5.01. The summed E-state index contributed by atoms with van der Waals surface area (Å²) in [7, 11) is 0. The molecule has 0 atom stereocenters. The summed E-state index contributed by atoms with van der Waals surface area (Å²) >= 11 is 0. The van der Waals surface area contributed by atoms with Gasteiger partial charge in [0, 0.05) is 34.7 Å². The zero-order valence-electron chi connectivity index (χ0n) is 19.4. The summed E-state index contributed by atoms with van der Waals surface area (Å²) in [6, 6.07) is 8.34. The summed E-state index contributed by atoms with van der Waals surface area (Å²) in [4.78, 5) is 12.5. The Kier molecular flexibility index (Phi) is 8.09. The number of halogens is 1. The molecule has 5 heteroatoms. The van der Waals surface area contributed by atoms with Crippen LogP contribution in [-0.4, -0.2) is 19.1 Å². The fraction of sp³-hybridized carbons (Fsp3) is 0.370. The van der Waals surface area contributed by atoms with Gasteiger partial charge in [0.15, 0.2) is 0 Å². The van der Waals surface area contributed by atoms with Crippen LogP contribution in [-0.2, 0) is 4.79 Å². The van der Waals surface area contributed by atoms with Crippen molar-refractivity contribution < 1.29 is 18.3 Å². The van der Waals surface area contributed by atoms with Crippen molar-refractivity contribution in [1.29, 1.82) is 0 Å². The van der Waals surface area contributed by atoms with Gasteiger partial charge in [-0.05, 0) is 56.5 Å². The van der Waals surface area contributed by atoms with Crippen molar-refractivity contribution in [2.75, 3.05) is 13.2 Å². The van der Waals surface area contributed by atoms with E-state index in [9.17, 15) is 9.18 Å². The van der Waals surface area contributed by atoms with Gasteiger partial charge in [-0.3, -0.25) is 4.79 Å². The summed E-state index contributed by atoms with van der Waals surface area (Å²) in [5, 5.41) is 3.88. The van der Waals surface area contributed by atoms with E-state index in [1.54, 1.807) is 24.5 Å². The van der Waals surface area contributed by atoms with Crippen LogP contribution in [0.25, 0.3) is 27.7 Å². The molecule has 0 bridgehead atoms. The minimum Gasteiger partial charge on any atom is -0.493 e. The van der Waals surface area contributed by atoms with Crippen LogP contribution in [0.15, 0.2) is 47.1 Å². The van der Waals surface area contributed by atoms with Crippen LogP contribution in [0.1, 0.15) is 57.6 Å². The minimum atomic E-state index is -0.281. The largest absolute Gasteiger partial charge is 0.493 e. The van der Waals surface area contributed by atoms with Gasteiger partial charge in [0.25, 0.3) is 0 Å². The summed E-state index contributed by atoms with van der Waals surface area (Å²) in [6.45, 7) is 9.15. The molecule has 3 rings (SSSR count). The second kappa shape index (κ2) is 11.0. The molecule has 0 aliphatic rings. The van der Waals surface area contributed by atoms with Crippen LogP contribution in [0.4, 0.5) is 4.39 Å². The van der Waals surface area contributed by atoms with Crippen LogP contribution < -0.4 is 10.1 Å². The Labute approximate surface area is 189 Å². The molecule has 4 nitrogen and oxygen atoms in total. The monoisotopic (exact) mass is 437 g/mol. The highest BCUT2D eigenvalue weighted by Gasteiger charge is 2.19. The van der Waals surface area contributed by atoms with Crippen molar-refractivity contribution in [3.63, 3.8) is 0 Å². The number of hydrogen-bond donors (Lipinski definition) is 1. The number of benzene rings is 2. The van der Waals surface area contributed by atoms with Crippen molar-refractivity contribution in [2.24, 2.45) is 0 Å². The zero-order valence-corrected chi connectivity index (χ0v) is 19.4. The maximum Gasteiger partial charge on any atom is 0.244 e. The van der Waals surface area contributed by atoms with E-state index in [1.165, 1.54) is 25.0 Å². The Bertz CT molecular complexity index is 1100. The number of hydrogen-bond acceptors (Lipinski definition) is 3. The molecule has 0 fully saturated rings. The van der Waals surface area contributed by atoms with Gasteiger partial charge in [0.1, 0.15) is 17.1 Å². The standard InChI is InChI=1S/C27H32FNO3/c1-5-7-8-9-14-29-25(30)15-18(3)22-16-23-24(20-10-12-21(28)13-11-20)17-32-27(23)19(4)26(22)31-6-2/h10-13,15-17H,5-9,14H2,1-4H3,(H,29,30)/b18-15+. The van der Waals surface area contributed by atoms with Gasteiger partial charge in [0.05, 0.1) is 12.9 Å². The van der Waals surface area contributed by atoms with Gasteiger partial charge in [-0.15, -0.1) is 0 Å². The Morgan fingerprint density at radius 2 is 1.91 bits per heavy atom. The Hall–Kier alpha value is -3.08. The number of aryl methyl sites for hydroxylation is 1. The van der Waals surface area contributed by atoms with Gasteiger partial charge < -0.3 is 14.5 Å². The first-order valence-electron chi connectivity index (χ1n) is 11.4. The van der Waals surface area contributed by atoms with Gasteiger partial charge in [0.2, 0.25) is 5.91 Å². The molecule has 0 radical (unpaired) electrons. The van der Waals surface area contributed by atoms with Crippen LogP contribution in [0.5, 0.6) is 5.75 Å². The average Bonchev–Trinajstić information content (AvgIpc) is 3.20. The number of rotatable bonds is 10. The number of furan rings is 1. The zero-order chi connectivity index (χ0) is 23.1. The first kappa shape index (κ1) is 23.6. The fourth-order valence-corrected chi connectivity index (χ4v) is 3.88. The van der Waals surface area contributed by atoms with Crippen LogP contribution in [0.3, 0.4) is 0 Å². The molecule has 1 N–H and O–H groups in total. The summed E-state index contributed by atoms with van der Waals surface area (Å²) in [5.74, 6) is 0.325. The van der Waals surface area contributed by atoms with E-state index in [0.717, 1.165) is 51.6 Å². The van der Waals surface area contributed by atoms with Gasteiger partial charge in [-0.1, -0.05) is 38.3 Å². The first-order chi connectivity index (χ1) is 15.5. The second-order valence-electron chi connectivity index (χ2n) is 8.02. The van der Waals surface area contributed by atoms with Crippen molar-refractivity contribution >= 4 is 22.4 Å². The molecule has 0 saturated carbocycles. The maximum atomic E-state index is 13.4. The normalized spacial score (nSPS) is 11.7. The lowest BCUT2D eigenvalue weighted by molar-refractivity contribution is -0.116. The number of allylic oxidation sites excluding steroid dienone is 1. The first-order valence-corrected chi connectivity index (χ1v) is 11.4. The smallest absolute Gasteiger partial charge is 0.244 e. The van der Waals surface area contributed by atoms with Gasteiger partial charge in [-0.25, -0.2) is 4.39 Å². The van der Waals surface area contributed by atoms with E-state index in [0.29, 0.717) is 18.9 Å². The highest BCUT2D eigenvalue weighted by Crippen LogP contribution is 2.40. The van der Waals surface area contributed by atoms with Crippen molar-refractivity contribution in [3.05, 3.63) is 59.6 Å². The molecule has 0 spiro atoms. The van der Waals surface area contributed by atoms with Gasteiger partial charge >= 0.3 is 0 Å². The molecule has 0 aliphatic heterocycles. The van der Waals surface area contributed by atoms with E-state index < -0.39 is 0 Å². The lowest BCUT2D eigenvalue weighted by atomic mass is 9.96. The Balaban J connectivity index is 1.97. The molecule has 2 aromatic carbocycles. The molecule has 0 saturated heterocycles. The van der Waals surface area contributed by atoms with E-state index in [-0.39, 0.29) is 11.7 Å². The lowest BCUT2D eigenvalue weighted by Crippen LogP contribution is -2.22. The molecule has 0 unspecified atom stereocenters. The van der Waals surface area contributed by atoms with Gasteiger partial charge in [-0.2, -0.15) is 0 Å². The molecule has 170 valence electrons. The number of ether oxygens (including phenoxy) is 1. The topological polar surface area (TPSA) is 51.5 Å². The molecule has 32 heavy (non-hydrogen) atoms. The van der Waals surface area contributed by atoms with E-state index in [4.69, 9.17) is 9.15 Å². The van der Waals surface area contributed by atoms with Crippen molar-refractivity contribution in [1.82, 2.24) is 5.32 Å². The lowest BCUT2D eigenvalue weighted by Gasteiger charge is -2.15. The predicted molar refractivity (Wildman–Crippen MR) is 128 cm³/mol. The molecule has 1 aromatic heterocycles. The molecule has 0 aliphatic carbocycles. The number of amides is 1. The van der Waals surface area contributed by atoms with Crippen LogP contribution in [0, 0.1) is 12.7 Å². The summed E-state index contributed by atoms with van der Waals surface area (Å²) < 4.78 is 25.2. The number of carbonyl (C=O) groups is 1. The molecular formula is C27H32FNO3. The molecule has 3 aromatic rings. The van der Waals surface area contributed by atoms with E-state index >= 15 is 0 Å². The molecular weight excluding hydrogens is 405 g/mol. The highest BCUT2D eigenvalue weighted by atomic mass is 19.1. The molecule has 1 amide bonds. The van der Waals surface area contributed by atoms with E-state index in [1.807, 2.05) is 26.8 Å². The third kappa shape index (κ3) is 5.39. The van der Waals surface area contributed by atoms with Crippen LogP contribution >= 0.6 is 0 Å². The fourth-order valence-electron chi connectivity index (χ4n) is 3.88. The number of fused-ring (bicyclic) bond motifs is 1. The van der Waals surface area contributed by atoms with Crippen LogP contribution in [0.2, 0.25) is 0 Å². The highest BCUT2D eigenvalue weighted by molar-refractivity contribution is 6.01. The third-order valence-electron chi connectivity index (χ3n) is 5.59. The number of carbonyl (C=O) groups excluding carboxylic acids is 1. The van der Waals surface area contributed by atoms with E-state index in [2.05, 4.69) is 12.2 Å². The Morgan fingerprint density at radius 3 is 2.59 bits per heavy atom. The van der Waals surface area contributed by atoms with Crippen molar-refractivity contribution in [2.45, 2.75) is 53.4 Å². The summed E-state index contributed by atoms with van der Waals surface area (Å²) in [6.07, 6.45) is 7.77.